The zero-order valence-corrected chi connectivity index (χ0v) is 12.1. The van der Waals surface area contributed by atoms with Gasteiger partial charge in [-0.2, -0.15) is 0 Å². The molecular formula is C12H16FNO6S. The molecule has 1 unspecified atom stereocenters. The normalized spacial score (nSPS) is 13.1. The quantitative estimate of drug-likeness (QED) is 0.630. The minimum atomic E-state index is -4.27. The summed E-state index contributed by atoms with van der Waals surface area (Å²) in [6.45, 7) is -0.297. The van der Waals surface area contributed by atoms with Crippen molar-refractivity contribution < 1.29 is 32.6 Å². The maximum Gasteiger partial charge on any atom is 0.335 e. The predicted octanol–water partition coefficient (Wildman–Crippen LogP) is 0.200. The average Bonchev–Trinajstić information content (AvgIpc) is 2.38. The summed E-state index contributed by atoms with van der Waals surface area (Å²) in [5.74, 6) is -2.43. The van der Waals surface area contributed by atoms with Crippen molar-refractivity contribution in [2.75, 3.05) is 20.3 Å². The van der Waals surface area contributed by atoms with Crippen LogP contribution >= 0.6 is 0 Å². The molecule has 0 spiro atoms. The molecule has 0 radical (unpaired) electrons. The maximum atomic E-state index is 13.7. The first-order valence-electron chi connectivity index (χ1n) is 5.96. The van der Waals surface area contributed by atoms with E-state index in [0.29, 0.717) is 0 Å². The van der Waals surface area contributed by atoms with E-state index >= 15 is 0 Å². The van der Waals surface area contributed by atoms with Crippen LogP contribution in [0.1, 0.15) is 16.8 Å². The molecule has 9 heteroatoms. The molecule has 0 aliphatic heterocycles. The lowest BCUT2D eigenvalue weighted by molar-refractivity contribution is 0.0696. The van der Waals surface area contributed by atoms with Crippen LogP contribution in [0.5, 0.6) is 0 Å². The summed E-state index contributed by atoms with van der Waals surface area (Å²) in [4.78, 5) is 10.1. The van der Waals surface area contributed by atoms with Gasteiger partial charge < -0.3 is 14.9 Å². The van der Waals surface area contributed by atoms with Gasteiger partial charge >= 0.3 is 5.97 Å². The van der Waals surface area contributed by atoms with Crippen molar-refractivity contribution >= 4 is 16.0 Å². The number of benzene rings is 1. The van der Waals surface area contributed by atoms with Gasteiger partial charge in [0.1, 0.15) is 10.7 Å². The summed E-state index contributed by atoms with van der Waals surface area (Å²) in [5, 5.41) is 17.7. The standard InChI is InChI=1S/C12H16FNO6S/c1-20-7-9(4-5-15)14-21(18,19)11-6-8(12(16)17)2-3-10(11)13/h2-3,6,9,14-15H,4-5,7H2,1H3,(H,16,17). The Hall–Kier alpha value is -1.55. The third kappa shape index (κ3) is 4.74. The highest BCUT2D eigenvalue weighted by atomic mass is 32.2. The molecule has 0 amide bonds. The molecule has 7 nitrogen and oxygen atoms in total. The first kappa shape index (κ1) is 17.5. The number of nitrogens with one attached hydrogen (secondary N) is 1. The van der Waals surface area contributed by atoms with E-state index in [4.69, 9.17) is 14.9 Å². The van der Waals surface area contributed by atoms with Crippen LogP contribution < -0.4 is 4.72 Å². The lowest BCUT2D eigenvalue weighted by Crippen LogP contribution is -2.39. The van der Waals surface area contributed by atoms with E-state index < -0.39 is 32.7 Å². The molecule has 0 saturated heterocycles. The Morgan fingerprint density at radius 2 is 2.14 bits per heavy atom. The van der Waals surface area contributed by atoms with Gasteiger partial charge in [-0.3, -0.25) is 0 Å². The molecule has 0 aliphatic rings. The van der Waals surface area contributed by atoms with E-state index in [1.807, 2.05) is 0 Å². The number of hydrogen-bond donors (Lipinski definition) is 3. The Morgan fingerprint density at radius 1 is 1.48 bits per heavy atom. The Morgan fingerprint density at radius 3 is 2.67 bits per heavy atom. The van der Waals surface area contributed by atoms with Crippen LogP contribution in [-0.4, -0.2) is 51.0 Å². The number of halogens is 1. The Bertz CT molecular complexity index is 598. The summed E-state index contributed by atoms with van der Waals surface area (Å²) in [7, 11) is -2.92. The summed E-state index contributed by atoms with van der Waals surface area (Å²) in [5.41, 5.74) is -0.345. The van der Waals surface area contributed by atoms with Crippen molar-refractivity contribution in [2.24, 2.45) is 0 Å². The summed E-state index contributed by atoms with van der Waals surface area (Å²) in [6, 6.07) is 1.73. The molecule has 1 aromatic carbocycles. The molecule has 1 atom stereocenters. The highest BCUT2D eigenvalue weighted by Crippen LogP contribution is 2.17. The zero-order chi connectivity index (χ0) is 16.0. The fourth-order valence-electron chi connectivity index (χ4n) is 1.66. The summed E-state index contributed by atoms with van der Waals surface area (Å²) >= 11 is 0. The molecule has 0 saturated carbocycles. The van der Waals surface area contributed by atoms with Gasteiger partial charge in [0.25, 0.3) is 0 Å². The number of aromatic carboxylic acids is 1. The van der Waals surface area contributed by atoms with E-state index in [9.17, 15) is 17.6 Å². The van der Waals surface area contributed by atoms with Crippen LogP contribution in [0.4, 0.5) is 4.39 Å². The molecule has 0 fully saturated rings. The smallest absolute Gasteiger partial charge is 0.335 e. The molecule has 0 aromatic heterocycles. The first-order chi connectivity index (χ1) is 9.81. The van der Waals surface area contributed by atoms with Crippen molar-refractivity contribution in [3.63, 3.8) is 0 Å². The molecular weight excluding hydrogens is 305 g/mol. The highest BCUT2D eigenvalue weighted by molar-refractivity contribution is 7.89. The number of sulfonamides is 1. The SMILES string of the molecule is COCC(CCO)NS(=O)(=O)c1cc(C(=O)O)ccc1F. The number of rotatable bonds is 8. The fraction of sp³-hybridized carbons (Fsp3) is 0.417. The number of carboxylic acid groups (broad SMARTS) is 1. The van der Waals surface area contributed by atoms with Gasteiger partial charge in [-0.1, -0.05) is 0 Å². The van der Waals surface area contributed by atoms with E-state index in [0.717, 1.165) is 18.2 Å². The monoisotopic (exact) mass is 321 g/mol. The Labute approximate surface area is 121 Å². The summed E-state index contributed by atoms with van der Waals surface area (Å²) < 4.78 is 44.8. The van der Waals surface area contributed by atoms with Gasteiger partial charge in [0.15, 0.2) is 0 Å². The van der Waals surface area contributed by atoms with Gasteiger partial charge in [0.2, 0.25) is 10.0 Å². The van der Waals surface area contributed by atoms with Crippen LogP contribution in [0.25, 0.3) is 0 Å². The Balaban J connectivity index is 3.11. The van der Waals surface area contributed by atoms with Gasteiger partial charge in [0.05, 0.1) is 12.2 Å². The highest BCUT2D eigenvalue weighted by Gasteiger charge is 2.24. The van der Waals surface area contributed by atoms with E-state index in [2.05, 4.69) is 4.72 Å². The average molecular weight is 321 g/mol. The van der Waals surface area contributed by atoms with Crippen molar-refractivity contribution in [3.8, 4) is 0 Å². The van der Waals surface area contributed by atoms with Crippen LogP contribution in [-0.2, 0) is 14.8 Å². The molecule has 0 aliphatic carbocycles. The van der Waals surface area contributed by atoms with Crippen molar-refractivity contribution in [2.45, 2.75) is 17.4 Å². The first-order valence-corrected chi connectivity index (χ1v) is 7.45. The van der Waals surface area contributed by atoms with Crippen molar-refractivity contribution in [1.82, 2.24) is 4.72 Å². The molecule has 0 heterocycles. The lowest BCUT2D eigenvalue weighted by Gasteiger charge is -2.17. The second kappa shape index (κ2) is 7.46. The van der Waals surface area contributed by atoms with Gasteiger partial charge in [-0.05, 0) is 24.6 Å². The van der Waals surface area contributed by atoms with Crippen LogP contribution in [0.3, 0.4) is 0 Å². The number of carboxylic acids is 1. The van der Waals surface area contributed by atoms with Crippen LogP contribution in [0.2, 0.25) is 0 Å². The van der Waals surface area contributed by atoms with Crippen LogP contribution in [0, 0.1) is 5.82 Å². The van der Waals surface area contributed by atoms with Gasteiger partial charge in [-0.25, -0.2) is 22.3 Å². The van der Waals surface area contributed by atoms with Gasteiger partial charge in [-0.15, -0.1) is 0 Å². The second-order valence-electron chi connectivity index (χ2n) is 4.24. The Kier molecular flexibility index (Phi) is 6.21. The fourth-order valence-corrected chi connectivity index (χ4v) is 3.02. The van der Waals surface area contributed by atoms with E-state index in [-0.39, 0.29) is 25.2 Å². The minimum Gasteiger partial charge on any atom is -0.478 e. The van der Waals surface area contributed by atoms with E-state index in [1.54, 1.807) is 0 Å². The van der Waals surface area contributed by atoms with Crippen LogP contribution in [0.15, 0.2) is 23.1 Å². The largest absolute Gasteiger partial charge is 0.478 e. The predicted molar refractivity (Wildman–Crippen MR) is 71.0 cm³/mol. The third-order valence-electron chi connectivity index (χ3n) is 2.63. The summed E-state index contributed by atoms with van der Waals surface area (Å²) in [6.07, 6.45) is 0.0767. The molecule has 3 N–H and O–H groups in total. The van der Waals surface area contributed by atoms with E-state index in [1.165, 1.54) is 7.11 Å². The molecule has 0 bridgehead atoms. The van der Waals surface area contributed by atoms with Gasteiger partial charge in [0, 0.05) is 19.8 Å². The maximum absolute atomic E-state index is 13.7. The number of carbonyl (C=O) groups is 1. The number of aliphatic hydroxyl groups is 1. The molecule has 1 rings (SSSR count). The molecule has 21 heavy (non-hydrogen) atoms. The lowest BCUT2D eigenvalue weighted by atomic mass is 10.2. The topological polar surface area (TPSA) is 113 Å². The number of aliphatic hydroxyl groups excluding tert-OH is 1. The molecule has 118 valence electrons. The third-order valence-corrected chi connectivity index (χ3v) is 4.17. The zero-order valence-electron chi connectivity index (χ0n) is 11.2. The molecule has 1 aromatic rings. The number of hydrogen-bond acceptors (Lipinski definition) is 5. The van der Waals surface area contributed by atoms with Crippen molar-refractivity contribution in [3.05, 3.63) is 29.6 Å². The number of ether oxygens (including phenoxy) is 1. The minimum absolute atomic E-state index is 0.0139. The number of methoxy groups -OCH3 is 1. The second-order valence-corrected chi connectivity index (χ2v) is 5.92. The van der Waals surface area contributed by atoms with Crippen molar-refractivity contribution in [1.29, 1.82) is 0 Å².